The van der Waals surface area contributed by atoms with Crippen LogP contribution in [0.15, 0.2) is 68.7 Å². The summed E-state index contributed by atoms with van der Waals surface area (Å²) in [6.07, 6.45) is 0. The van der Waals surface area contributed by atoms with E-state index in [1.165, 1.54) is 24.3 Å². The van der Waals surface area contributed by atoms with Gasteiger partial charge in [-0.3, -0.25) is 4.72 Å². The molecule has 3 aromatic rings. The maximum Gasteiger partial charge on any atom is 0.336 e. The zero-order chi connectivity index (χ0) is 16.4. The SMILES string of the molecule is O=c1ccc2cc(NS(=O)(=O)c3cccc(CCl)c3)ccc2o1. The van der Waals surface area contributed by atoms with E-state index in [4.69, 9.17) is 16.0 Å². The predicted molar refractivity (Wildman–Crippen MR) is 89.3 cm³/mol. The lowest BCUT2D eigenvalue weighted by atomic mass is 10.2. The smallest absolute Gasteiger partial charge is 0.336 e. The van der Waals surface area contributed by atoms with Crippen LogP contribution in [0, 0.1) is 0 Å². The number of hydrogen-bond donors (Lipinski definition) is 1. The predicted octanol–water partition coefficient (Wildman–Crippen LogP) is 3.33. The average Bonchev–Trinajstić information content (AvgIpc) is 2.55. The molecule has 23 heavy (non-hydrogen) atoms. The summed E-state index contributed by atoms with van der Waals surface area (Å²) >= 11 is 5.74. The van der Waals surface area contributed by atoms with Gasteiger partial charge in [-0.15, -0.1) is 11.6 Å². The van der Waals surface area contributed by atoms with Crippen molar-refractivity contribution in [1.29, 1.82) is 0 Å². The van der Waals surface area contributed by atoms with E-state index in [2.05, 4.69) is 4.72 Å². The van der Waals surface area contributed by atoms with Crippen LogP contribution < -0.4 is 10.3 Å². The average molecular weight is 350 g/mol. The Morgan fingerprint density at radius 3 is 2.65 bits per heavy atom. The van der Waals surface area contributed by atoms with Crippen molar-refractivity contribution in [2.45, 2.75) is 10.8 Å². The number of benzene rings is 2. The van der Waals surface area contributed by atoms with Gasteiger partial charge in [0.1, 0.15) is 5.58 Å². The highest BCUT2D eigenvalue weighted by atomic mass is 35.5. The van der Waals surface area contributed by atoms with E-state index in [1.807, 2.05) is 0 Å². The number of hydrogen-bond acceptors (Lipinski definition) is 4. The maximum atomic E-state index is 12.4. The largest absolute Gasteiger partial charge is 0.423 e. The first-order chi connectivity index (χ1) is 11.0. The van der Waals surface area contributed by atoms with E-state index < -0.39 is 15.6 Å². The van der Waals surface area contributed by atoms with E-state index in [0.29, 0.717) is 16.7 Å². The van der Waals surface area contributed by atoms with Gasteiger partial charge in [0, 0.05) is 23.0 Å². The van der Waals surface area contributed by atoms with Gasteiger partial charge in [0.05, 0.1) is 4.90 Å². The molecule has 0 bridgehead atoms. The topological polar surface area (TPSA) is 76.4 Å². The zero-order valence-electron chi connectivity index (χ0n) is 11.8. The number of sulfonamides is 1. The van der Waals surface area contributed by atoms with E-state index in [9.17, 15) is 13.2 Å². The van der Waals surface area contributed by atoms with Crippen LogP contribution in [0.2, 0.25) is 0 Å². The molecule has 7 heteroatoms. The Bertz CT molecular complexity index is 1030. The quantitative estimate of drug-likeness (QED) is 0.579. The lowest BCUT2D eigenvalue weighted by Gasteiger charge is -2.09. The van der Waals surface area contributed by atoms with Crippen LogP contribution >= 0.6 is 11.6 Å². The minimum absolute atomic E-state index is 0.135. The lowest BCUT2D eigenvalue weighted by Crippen LogP contribution is -2.13. The molecule has 0 radical (unpaired) electrons. The number of rotatable bonds is 4. The molecular weight excluding hydrogens is 338 g/mol. The van der Waals surface area contributed by atoms with Gasteiger partial charge >= 0.3 is 5.63 Å². The van der Waals surface area contributed by atoms with Crippen LogP contribution in [0.3, 0.4) is 0 Å². The van der Waals surface area contributed by atoms with E-state index in [0.717, 1.165) is 5.56 Å². The Morgan fingerprint density at radius 1 is 1.04 bits per heavy atom. The number of nitrogens with one attached hydrogen (secondary N) is 1. The molecule has 2 aromatic carbocycles. The molecule has 1 aromatic heterocycles. The monoisotopic (exact) mass is 349 g/mol. The van der Waals surface area contributed by atoms with E-state index >= 15 is 0 Å². The summed E-state index contributed by atoms with van der Waals surface area (Å²) < 4.78 is 32.4. The summed E-state index contributed by atoms with van der Waals surface area (Å²) in [4.78, 5) is 11.3. The van der Waals surface area contributed by atoms with Crippen LogP contribution in [-0.4, -0.2) is 8.42 Å². The first kappa shape index (κ1) is 15.6. The highest BCUT2D eigenvalue weighted by Gasteiger charge is 2.15. The van der Waals surface area contributed by atoms with Crippen molar-refractivity contribution in [3.05, 3.63) is 70.6 Å². The van der Waals surface area contributed by atoms with Crippen molar-refractivity contribution in [1.82, 2.24) is 0 Å². The second kappa shape index (κ2) is 6.06. The van der Waals surface area contributed by atoms with Gasteiger partial charge in [-0.2, -0.15) is 0 Å². The summed E-state index contributed by atoms with van der Waals surface area (Å²) in [5.74, 6) is 0.234. The van der Waals surface area contributed by atoms with Gasteiger partial charge in [-0.25, -0.2) is 13.2 Å². The van der Waals surface area contributed by atoms with Crippen molar-refractivity contribution in [3.63, 3.8) is 0 Å². The van der Waals surface area contributed by atoms with Gasteiger partial charge < -0.3 is 4.42 Å². The van der Waals surface area contributed by atoms with Gasteiger partial charge in [0.15, 0.2) is 0 Å². The Balaban J connectivity index is 1.96. The second-order valence-corrected chi connectivity index (χ2v) is 6.84. The second-order valence-electron chi connectivity index (χ2n) is 4.89. The molecule has 5 nitrogen and oxygen atoms in total. The highest BCUT2D eigenvalue weighted by Crippen LogP contribution is 2.21. The summed E-state index contributed by atoms with van der Waals surface area (Å²) in [5.41, 5.74) is 1.03. The van der Waals surface area contributed by atoms with Gasteiger partial charge in [-0.1, -0.05) is 12.1 Å². The summed E-state index contributed by atoms with van der Waals surface area (Å²) in [6.45, 7) is 0. The first-order valence-electron chi connectivity index (χ1n) is 6.69. The van der Waals surface area contributed by atoms with Crippen molar-refractivity contribution >= 4 is 38.3 Å². The van der Waals surface area contributed by atoms with Crippen LogP contribution in [-0.2, 0) is 15.9 Å². The summed E-state index contributed by atoms with van der Waals surface area (Å²) in [7, 11) is -3.72. The molecule has 0 amide bonds. The van der Waals surface area contributed by atoms with Gasteiger partial charge in [-0.05, 0) is 42.0 Å². The molecule has 1 heterocycles. The fourth-order valence-electron chi connectivity index (χ4n) is 2.15. The third-order valence-electron chi connectivity index (χ3n) is 3.23. The van der Waals surface area contributed by atoms with Gasteiger partial charge in [0.25, 0.3) is 10.0 Å². The van der Waals surface area contributed by atoms with Crippen LogP contribution in [0.1, 0.15) is 5.56 Å². The molecule has 0 spiro atoms. The number of alkyl halides is 1. The van der Waals surface area contributed by atoms with Crippen molar-refractivity contribution < 1.29 is 12.8 Å². The third-order valence-corrected chi connectivity index (χ3v) is 4.92. The highest BCUT2D eigenvalue weighted by molar-refractivity contribution is 7.92. The molecule has 0 aliphatic carbocycles. The van der Waals surface area contributed by atoms with Crippen LogP contribution in [0.25, 0.3) is 11.0 Å². The maximum absolute atomic E-state index is 12.4. The lowest BCUT2D eigenvalue weighted by molar-refractivity contribution is 0.561. The zero-order valence-corrected chi connectivity index (χ0v) is 13.4. The Hall–Kier alpha value is -2.31. The molecule has 1 N–H and O–H groups in total. The Kier molecular flexibility index (Phi) is 4.11. The molecule has 0 atom stereocenters. The van der Waals surface area contributed by atoms with Crippen molar-refractivity contribution in [3.8, 4) is 0 Å². The number of fused-ring (bicyclic) bond motifs is 1. The molecule has 0 saturated carbocycles. The summed E-state index contributed by atoms with van der Waals surface area (Å²) in [6, 6.07) is 14.0. The molecule has 0 fully saturated rings. The van der Waals surface area contributed by atoms with Crippen LogP contribution in [0.5, 0.6) is 0 Å². The van der Waals surface area contributed by atoms with Gasteiger partial charge in [0.2, 0.25) is 0 Å². The standard InChI is InChI=1S/C16H12ClNO4S/c17-10-11-2-1-3-14(8-11)23(20,21)18-13-5-6-15-12(9-13)4-7-16(19)22-15/h1-9,18H,10H2. The normalized spacial score (nSPS) is 11.5. The molecule has 3 rings (SSSR count). The fourth-order valence-corrected chi connectivity index (χ4v) is 3.43. The van der Waals surface area contributed by atoms with Crippen LogP contribution in [0.4, 0.5) is 5.69 Å². The van der Waals surface area contributed by atoms with Crippen molar-refractivity contribution in [2.24, 2.45) is 0 Å². The van der Waals surface area contributed by atoms with E-state index in [-0.39, 0.29) is 10.8 Å². The fraction of sp³-hybridized carbons (Fsp3) is 0.0625. The first-order valence-corrected chi connectivity index (χ1v) is 8.71. The Morgan fingerprint density at radius 2 is 1.87 bits per heavy atom. The summed E-state index contributed by atoms with van der Waals surface area (Å²) in [5, 5.41) is 0.624. The minimum atomic E-state index is -3.72. The molecular formula is C16H12ClNO4S. The molecule has 0 aliphatic rings. The molecule has 0 aliphatic heterocycles. The minimum Gasteiger partial charge on any atom is -0.423 e. The molecule has 118 valence electrons. The Labute approximate surface area is 137 Å². The third kappa shape index (κ3) is 3.38. The number of halogens is 1. The van der Waals surface area contributed by atoms with E-state index in [1.54, 1.807) is 30.3 Å². The van der Waals surface area contributed by atoms with Crippen molar-refractivity contribution in [2.75, 3.05) is 4.72 Å². The number of anilines is 1. The molecule has 0 unspecified atom stereocenters. The molecule has 0 saturated heterocycles.